The molecule has 1 aromatic heterocycles. The van der Waals surface area contributed by atoms with Gasteiger partial charge in [0.05, 0.1) is 30.4 Å². The van der Waals surface area contributed by atoms with Crippen LogP contribution in [0.3, 0.4) is 0 Å². The van der Waals surface area contributed by atoms with Gasteiger partial charge in [-0.05, 0) is 61.2 Å². The Hall–Kier alpha value is -3.59. The number of fused-ring (bicyclic) bond motifs is 2. The van der Waals surface area contributed by atoms with E-state index in [2.05, 4.69) is 21.4 Å². The van der Waals surface area contributed by atoms with Gasteiger partial charge in [-0.25, -0.2) is 4.98 Å². The number of carbonyl (C=O) groups excluding carboxylic acids is 2. The number of anilines is 2. The molecule has 10 heteroatoms. The van der Waals surface area contributed by atoms with Gasteiger partial charge in [0.1, 0.15) is 17.1 Å². The topological polar surface area (TPSA) is 113 Å². The molecule has 0 fully saturated rings. The van der Waals surface area contributed by atoms with Gasteiger partial charge in [0.15, 0.2) is 0 Å². The van der Waals surface area contributed by atoms with E-state index in [9.17, 15) is 9.59 Å². The lowest BCUT2D eigenvalue weighted by atomic mass is 10.1. The second-order valence-electron chi connectivity index (χ2n) is 8.50. The summed E-state index contributed by atoms with van der Waals surface area (Å²) in [7, 11) is 1.49. The maximum atomic E-state index is 13.5. The highest BCUT2D eigenvalue weighted by molar-refractivity contribution is 6.11. The molecule has 194 valence electrons. The molecule has 4 N–H and O–H groups in total. The highest BCUT2D eigenvalue weighted by Gasteiger charge is 2.24. The number of methoxy groups -OCH3 is 1. The van der Waals surface area contributed by atoms with Crippen molar-refractivity contribution < 1.29 is 14.3 Å². The largest absolute Gasteiger partial charge is 0.496 e. The quantitative estimate of drug-likeness (QED) is 0.325. The van der Waals surface area contributed by atoms with Crippen molar-refractivity contribution in [2.45, 2.75) is 25.8 Å². The van der Waals surface area contributed by atoms with Gasteiger partial charge in [0.25, 0.3) is 11.8 Å². The molecule has 2 amide bonds. The standard InChI is InChI=1S/C27H27N5O3.2ClH/c1-35-23-15-18(27(34)32-14-5-4-8-17-7-2-3-11-22(17)32)12-13-19(23)26(33)30-21-10-6-9-20-25(21)31-24(16-28)29-20;;/h2-3,6-7,9-13,15H,4-5,8,14,16,28H2,1H3,(H,29,31)(H,30,33);2*1H. The third kappa shape index (κ3) is 5.56. The molecule has 3 aromatic carbocycles. The maximum Gasteiger partial charge on any atom is 0.259 e. The molecular weight excluding hydrogens is 513 g/mol. The number of para-hydroxylation sites is 2. The molecule has 8 nitrogen and oxygen atoms in total. The van der Waals surface area contributed by atoms with Crippen molar-refractivity contribution in [2.75, 3.05) is 23.9 Å². The Morgan fingerprint density at radius 3 is 2.68 bits per heavy atom. The molecule has 2 heterocycles. The molecule has 0 unspecified atom stereocenters. The summed E-state index contributed by atoms with van der Waals surface area (Å²) in [5.41, 5.74) is 10.6. The van der Waals surface area contributed by atoms with E-state index < -0.39 is 0 Å². The highest BCUT2D eigenvalue weighted by atomic mass is 35.5. The zero-order valence-electron chi connectivity index (χ0n) is 20.3. The lowest BCUT2D eigenvalue weighted by Crippen LogP contribution is -2.31. The second-order valence-corrected chi connectivity index (χ2v) is 8.50. The summed E-state index contributed by atoms with van der Waals surface area (Å²) in [6, 6.07) is 18.4. The lowest BCUT2D eigenvalue weighted by Gasteiger charge is -2.23. The van der Waals surface area contributed by atoms with Crippen molar-refractivity contribution in [1.82, 2.24) is 9.97 Å². The Morgan fingerprint density at radius 2 is 1.89 bits per heavy atom. The normalized spacial score (nSPS) is 12.5. The van der Waals surface area contributed by atoms with Gasteiger partial charge in [-0.1, -0.05) is 24.3 Å². The van der Waals surface area contributed by atoms with Crippen LogP contribution in [0.1, 0.15) is 44.9 Å². The van der Waals surface area contributed by atoms with E-state index in [0.29, 0.717) is 40.4 Å². The number of carbonyl (C=O) groups is 2. The molecule has 37 heavy (non-hydrogen) atoms. The summed E-state index contributed by atoms with van der Waals surface area (Å²) in [6.07, 6.45) is 2.93. The van der Waals surface area contributed by atoms with Crippen LogP contribution in [0.5, 0.6) is 5.75 Å². The van der Waals surface area contributed by atoms with Gasteiger partial charge < -0.3 is 25.7 Å². The van der Waals surface area contributed by atoms with E-state index in [1.165, 1.54) is 12.7 Å². The van der Waals surface area contributed by atoms with Gasteiger partial charge in [0, 0.05) is 17.8 Å². The molecule has 1 aliphatic rings. The van der Waals surface area contributed by atoms with Crippen LogP contribution < -0.4 is 20.7 Å². The first-order valence-electron chi connectivity index (χ1n) is 11.7. The Morgan fingerprint density at radius 1 is 1.08 bits per heavy atom. The zero-order chi connectivity index (χ0) is 24.4. The van der Waals surface area contributed by atoms with Crippen molar-refractivity contribution in [3.63, 3.8) is 0 Å². The number of benzene rings is 3. The first-order valence-corrected chi connectivity index (χ1v) is 11.7. The number of rotatable bonds is 5. The number of nitrogens with zero attached hydrogens (tertiary/aromatic N) is 2. The molecule has 0 spiro atoms. The van der Waals surface area contributed by atoms with Gasteiger partial charge in [-0.2, -0.15) is 0 Å². The van der Waals surface area contributed by atoms with E-state index >= 15 is 0 Å². The highest BCUT2D eigenvalue weighted by Crippen LogP contribution is 2.30. The summed E-state index contributed by atoms with van der Waals surface area (Å²) in [5.74, 6) is 0.497. The second kappa shape index (κ2) is 12.1. The lowest BCUT2D eigenvalue weighted by molar-refractivity contribution is 0.0982. The number of amides is 2. The molecule has 0 radical (unpaired) electrons. The first-order chi connectivity index (χ1) is 17.1. The number of hydrogen-bond acceptors (Lipinski definition) is 5. The number of aromatic nitrogens is 2. The Kier molecular flexibility index (Phi) is 9.15. The van der Waals surface area contributed by atoms with E-state index in [4.69, 9.17) is 10.5 Å². The predicted octanol–water partition coefficient (Wildman–Crippen LogP) is 5.11. The van der Waals surface area contributed by atoms with Crippen molar-refractivity contribution in [3.8, 4) is 5.75 Å². The van der Waals surface area contributed by atoms with E-state index in [1.807, 2.05) is 35.2 Å². The summed E-state index contributed by atoms with van der Waals surface area (Å²) in [5, 5.41) is 2.91. The molecule has 0 saturated carbocycles. The minimum atomic E-state index is -0.356. The van der Waals surface area contributed by atoms with Crippen LogP contribution in [0.2, 0.25) is 0 Å². The molecule has 5 rings (SSSR count). The van der Waals surface area contributed by atoms with Crippen LogP contribution in [0.4, 0.5) is 11.4 Å². The fourth-order valence-corrected chi connectivity index (χ4v) is 4.54. The molecular formula is C27H29Cl2N5O3. The smallest absolute Gasteiger partial charge is 0.259 e. The van der Waals surface area contributed by atoms with Crippen molar-refractivity contribution in [3.05, 3.63) is 83.2 Å². The summed E-state index contributed by atoms with van der Waals surface area (Å²) < 4.78 is 5.52. The number of ether oxygens (including phenoxy) is 1. The number of nitrogens with one attached hydrogen (secondary N) is 2. The number of aryl methyl sites for hydroxylation is 1. The van der Waals surface area contributed by atoms with Gasteiger partial charge in [-0.3, -0.25) is 9.59 Å². The van der Waals surface area contributed by atoms with Crippen molar-refractivity contribution in [1.29, 1.82) is 0 Å². The third-order valence-corrected chi connectivity index (χ3v) is 6.30. The number of imidazole rings is 1. The van der Waals surface area contributed by atoms with Crippen LogP contribution in [-0.4, -0.2) is 35.4 Å². The molecule has 0 saturated heterocycles. The maximum absolute atomic E-state index is 13.5. The number of halogens is 2. The minimum Gasteiger partial charge on any atom is -0.496 e. The molecule has 4 aromatic rings. The Balaban J connectivity index is 0.00000190. The van der Waals surface area contributed by atoms with Crippen LogP contribution in [0.15, 0.2) is 60.7 Å². The molecule has 1 aliphatic heterocycles. The van der Waals surface area contributed by atoms with E-state index in [1.54, 1.807) is 24.3 Å². The average molecular weight is 542 g/mol. The monoisotopic (exact) mass is 541 g/mol. The summed E-state index contributed by atoms with van der Waals surface area (Å²) in [6.45, 7) is 0.922. The van der Waals surface area contributed by atoms with E-state index in [0.717, 1.165) is 30.5 Å². The Labute approximate surface area is 227 Å². The van der Waals surface area contributed by atoms with E-state index in [-0.39, 0.29) is 43.2 Å². The predicted molar refractivity (Wildman–Crippen MR) is 150 cm³/mol. The number of aromatic amines is 1. The zero-order valence-corrected chi connectivity index (χ0v) is 22.0. The van der Waals surface area contributed by atoms with Crippen LogP contribution >= 0.6 is 24.8 Å². The van der Waals surface area contributed by atoms with Crippen LogP contribution in [-0.2, 0) is 13.0 Å². The fourth-order valence-electron chi connectivity index (χ4n) is 4.54. The van der Waals surface area contributed by atoms with Gasteiger partial charge in [-0.15, -0.1) is 24.8 Å². The first kappa shape index (κ1) is 28.0. The van der Waals surface area contributed by atoms with Crippen LogP contribution in [0.25, 0.3) is 11.0 Å². The van der Waals surface area contributed by atoms with Crippen LogP contribution in [0, 0.1) is 0 Å². The average Bonchev–Trinajstić information content (AvgIpc) is 3.21. The SMILES string of the molecule is COc1cc(C(=O)N2CCCCc3ccccc32)ccc1C(=O)Nc1cccc2[nH]c(CN)nc12.Cl.Cl. The van der Waals surface area contributed by atoms with Gasteiger partial charge in [0.2, 0.25) is 0 Å². The third-order valence-electron chi connectivity index (χ3n) is 6.30. The van der Waals surface area contributed by atoms with Crippen molar-refractivity contribution in [2.24, 2.45) is 5.73 Å². The summed E-state index contributed by atoms with van der Waals surface area (Å²) >= 11 is 0. The molecule has 0 bridgehead atoms. The number of nitrogens with two attached hydrogens (primary N) is 1. The van der Waals surface area contributed by atoms with Crippen molar-refractivity contribution >= 4 is 59.0 Å². The molecule has 0 aliphatic carbocycles. The Bertz CT molecular complexity index is 1420. The number of hydrogen-bond donors (Lipinski definition) is 3. The molecule has 0 atom stereocenters. The fraction of sp³-hybridized carbons (Fsp3) is 0.222. The van der Waals surface area contributed by atoms with Gasteiger partial charge >= 0.3 is 0 Å². The summed E-state index contributed by atoms with van der Waals surface area (Å²) in [4.78, 5) is 36.0. The number of H-pyrrole nitrogens is 1. The minimum absolute atomic E-state index is 0.